The maximum Gasteiger partial charge on any atom is 0.0965 e. The van der Waals surface area contributed by atoms with Crippen molar-refractivity contribution in [2.75, 3.05) is 52.5 Å². The third-order valence-electron chi connectivity index (χ3n) is 5.64. The van der Waals surface area contributed by atoms with E-state index in [1.807, 2.05) is 24.4 Å². The van der Waals surface area contributed by atoms with Crippen LogP contribution in [-0.2, 0) is 11.3 Å². The molecule has 2 aliphatic heterocycles. The minimum atomic E-state index is 0.266. The Bertz CT molecular complexity index is 684. The molecule has 0 spiro atoms. The average Bonchev–Trinajstić information content (AvgIpc) is 3.30. The highest BCUT2D eigenvalue weighted by Crippen LogP contribution is 2.28. The monoisotopic (exact) mass is 356 g/mol. The van der Waals surface area contributed by atoms with Gasteiger partial charge in [-0.05, 0) is 11.8 Å². The van der Waals surface area contributed by atoms with E-state index in [4.69, 9.17) is 4.74 Å². The molecule has 2 atom stereocenters. The van der Waals surface area contributed by atoms with Crippen molar-refractivity contribution in [1.29, 1.82) is 0 Å². The summed E-state index contributed by atoms with van der Waals surface area (Å²) in [6.07, 6.45) is 2.01. The van der Waals surface area contributed by atoms with Crippen LogP contribution in [-0.4, -0.2) is 77.6 Å². The molecule has 26 heavy (non-hydrogen) atoms. The first-order valence-corrected chi connectivity index (χ1v) is 9.55. The first-order chi connectivity index (χ1) is 12.8. The lowest BCUT2D eigenvalue weighted by atomic mass is 9.96. The maximum absolute atomic E-state index is 9.85. The van der Waals surface area contributed by atoms with E-state index < -0.39 is 0 Å². The molecule has 0 aliphatic carbocycles. The third-order valence-corrected chi connectivity index (χ3v) is 5.64. The fourth-order valence-electron chi connectivity index (χ4n) is 4.22. The number of aromatic nitrogens is 2. The average molecular weight is 356 g/mol. The van der Waals surface area contributed by atoms with Crippen LogP contribution < -0.4 is 0 Å². The SMILES string of the molecule is OC[C@H]1CN(Cc2c[nH]nc2-c2ccccc2)C[C@H]1CN1CCOCC1. The van der Waals surface area contributed by atoms with Crippen LogP contribution in [0.1, 0.15) is 5.56 Å². The molecule has 0 saturated carbocycles. The number of aromatic amines is 1. The Morgan fingerprint density at radius 3 is 2.62 bits per heavy atom. The van der Waals surface area contributed by atoms with Gasteiger partial charge in [0.05, 0.1) is 18.9 Å². The molecule has 0 unspecified atom stereocenters. The Balaban J connectivity index is 1.41. The van der Waals surface area contributed by atoms with Crippen LogP contribution in [0.2, 0.25) is 0 Å². The number of aliphatic hydroxyl groups is 1. The zero-order chi connectivity index (χ0) is 17.8. The molecular formula is C20H28N4O2. The molecule has 140 valence electrons. The van der Waals surface area contributed by atoms with E-state index in [2.05, 4.69) is 32.1 Å². The topological polar surface area (TPSA) is 64.6 Å². The molecule has 2 N–H and O–H groups in total. The summed E-state index contributed by atoms with van der Waals surface area (Å²) >= 11 is 0. The van der Waals surface area contributed by atoms with E-state index in [0.717, 1.165) is 63.7 Å². The fraction of sp³-hybridized carbons (Fsp3) is 0.550. The van der Waals surface area contributed by atoms with Gasteiger partial charge in [-0.25, -0.2) is 0 Å². The number of benzene rings is 1. The summed E-state index contributed by atoms with van der Waals surface area (Å²) in [4.78, 5) is 4.94. The number of nitrogens with zero attached hydrogens (tertiary/aromatic N) is 3. The summed E-state index contributed by atoms with van der Waals surface area (Å²) in [6.45, 7) is 7.85. The lowest BCUT2D eigenvalue weighted by molar-refractivity contribution is 0.0264. The van der Waals surface area contributed by atoms with E-state index in [1.165, 1.54) is 5.56 Å². The summed E-state index contributed by atoms with van der Waals surface area (Å²) in [5.74, 6) is 0.870. The maximum atomic E-state index is 9.85. The smallest absolute Gasteiger partial charge is 0.0965 e. The van der Waals surface area contributed by atoms with Crippen LogP contribution >= 0.6 is 0 Å². The molecule has 2 saturated heterocycles. The zero-order valence-corrected chi connectivity index (χ0v) is 15.2. The van der Waals surface area contributed by atoms with E-state index in [9.17, 15) is 5.11 Å². The first-order valence-electron chi connectivity index (χ1n) is 9.55. The van der Waals surface area contributed by atoms with E-state index in [1.54, 1.807) is 0 Å². The van der Waals surface area contributed by atoms with Gasteiger partial charge in [0.25, 0.3) is 0 Å². The highest BCUT2D eigenvalue weighted by molar-refractivity contribution is 5.62. The minimum Gasteiger partial charge on any atom is -0.396 e. The first kappa shape index (κ1) is 17.7. The minimum absolute atomic E-state index is 0.266. The predicted octanol–water partition coefficient (Wildman–Crippen LogP) is 1.45. The summed E-state index contributed by atoms with van der Waals surface area (Å²) in [7, 11) is 0. The Morgan fingerprint density at radius 1 is 1.08 bits per heavy atom. The van der Waals surface area contributed by atoms with Crippen LogP contribution in [0.3, 0.4) is 0 Å². The van der Waals surface area contributed by atoms with Crippen molar-refractivity contribution in [2.24, 2.45) is 11.8 Å². The van der Waals surface area contributed by atoms with E-state index >= 15 is 0 Å². The summed E-state index contributed by atoms with van der Waals surface area (Å²) in [5, 5.41) is 17.3. The van der Waals surface area contributed by atoms with Gasteiger partial charge in [-0.15, -0.1) is 0 Å². The number of aliphatic hydroxyl groups excluding tert-OH is 1. The fourth-order valence-corrected chi connectivity index (χ4v) is 4.22. The second-order valence-electron chi connectivity index (χ2n) is 7.43. The molecule has 0 amide bonds. The number of hydrogen-bond acceptors (Lipinski definition) is 5. The quantitative estimate of drug-likeness (QED) is 0.820. The second-order valence-corrected chi connectivity index (χ2v) is 7.43. The molecule has 0 bridgehead atoms. The van der Waals surface area contributed by atoms with Gasteiger partial charge < -0.3 is 9.84 Å². The number of nitrogens with one attached hydrogen (secondary N) is 1. The van der Waals surface area contributed by atoms with Crippen LogP contribution in [0.15, 0.2) is 36.5 Å². The van der Waals surface area contributed by atoms with Gasteiger partial charge in [0, 0.05) is 63.2 Å². The van der Waals surface area contributed by atoms with Gasteiger partial charge in [0.2, 0.25) is 0 Å². The Morgan fingerprint density at radius 2 is 1.85 bits per heavy atom. The van der Waals surface area contributed by atoms with Gasteiger partial charge in [-0.3, -0.25) is 14.9 Å². The van der Waals surface area contributed by atoms with Crippen molar-refractivity contribution < 1.29 is 9.84 Å². The Labute approximate surface area is 154 Å². The molecular weight excluding hydrogens is 328 g/mol. The molecule has 2 fully saturated rings. The number of hydrogen-bond donors (Lipinski definition) is 2. The van der Waals surface area contributed by atoms with Crippen LogP contribution in [0.25, 0.3) is 11.3 Å². The molecule has 3 heterocycles. The van der Waals surface area contributed by atoms with Crippen molar-refractivity contribution in [1.82, 2.24) is 20.0 Å². The molecule has 4 rings (SSSR count). The molecule has 1 aromatic carbocycles. The Hall–Kier alpha value is -1.73. The van der Waals surface area contributed by atoms with Crippen LogP contribution in [0.5, 0.6) is 0 Å². The van der Waals surface area contributed by atoms with Crippen molar-refractivity contribution in [2.45, 2.75) is 6.54 Å². The zero-order valence-electron chi connectivity index (χ0n) is 15.2. The number of H-pyrrole nitrogens is 1. The number of likely N-dealkylation sites (tertiary alicyclic amines) is 1. The van der Waals surface area contributed by atoms with Gasteiger partial charge >= 0.3 is 0 Å². The highest BCUT2D eigenvalue weighted by Gasteiger charge is 2.34. The van der Waals surface area contributed by atoms with E-state index in [0.29, 0.717) is 11.8 Å². The molecule has 6 nitrogen and oxygen atoms in total. The summed E-state index contributed by atoms with van der Waals surface area (Å²) in [5.41, 5.74) is 3.40. The van der Waals surface area contributed by atoms with Gasteiger partial charge in [-0.1, -0.05) is 30.3 Å². The lowest BCUT2D eigenvalue weighted by Crippen LogP contribution is -2.41. The largest absolute Gasteiger partial charge is 0.396 e. The Kier molecular flexibility index (Phi) is 5.65. The summed E-state index contributed by atoms with van der Waals surface area (Å²) in [6, 6.07) is 10.3. The van der Waals surface area contributed by atoms with Crippen molar-refractivity contribution in [3.63, 3.8) is 0 Å². The van der Waals surface area contributed by atoms with Crippen LogP contribution in [0.4, 0.5) is 0 Å². The number of morpholine rings is 1. The molecule has 0 radical (unpaired) electrons. The number of ether oxygens (including phenoxy) is 1. The number of rotatable bonds is 6. The van der Waals surface area contributed by atoms with Crippen molar-refractivity contribution in [3.05, 3.63) is 42.1 Å². The van der Waals surface area contributed by atoms with Crippen molar-refractivity contribution in [3.8, 4) is 11.3 Å². The molecule has 1 aromatic heterocycles. The predicted molar refractivity (Wildman–Crippen MR) is 101 cm³/mol. The van der Waals surface area contributed by atoms with Gasteiger partial charge in [0.1, 0.15) is 0 Å². The van der Waals surface area contributed by atoms with E-state index in [-0.39, 0.29) is 6.61 Å². The highest BCUT2D eigenvalue weighted by atomic mass is 16.5. The van der Waals surface area contributed by atoms with Gasteiger partial charge in [0.15, 0.2) is 0 Å². The molecule has 2 aromatic rings. The summed E-state index contributed by atoms with van der Waals surface area (Å²) < 4.78 is 5.45. The van der Waals surface area contributed by atoms with Crippen molar-refractivity contribution >= 4 is 0 Å². The van der Waals surface area contributed by atoms with Gasteiger partial charge in [-0.2, -0.15) is 5.10 Å². The molecule has 2 aliphatic rings. The van der Waals surface area contributed by atoms with Crippen LogP contribution in [0, 0.1) is 11.8 Å². The standard InChI is InChI=1S/C20H28N4O2/c25-15-19-14-24(13-18(19)12-23-6-8-26-9-7-23)11-17-10-21-22-20(17)16-4-2-1-3-5-16/h1-5,10,18-19,25H,6-9,11-15H2,(H,21,22)/t18-,19-/m1/s1. The normalized spacial score (nSPS) is 25.0. The second kappa shape index (κ2) is 8.31. The third kappa shape index (κ3) is 3.99. The molecule has 6 heteroatoms. The lowest BCUT2D eigenvalue weighted by Gasteiger charge is -2.30.